The number of hydrogen-bond donors (Lipinski definition) is 0. The lowest BCUT2D eigenvalue weighted by atomic mass is 9.85. The summed E-state index contributed by atoms with van der Waals surface area (Å²) in [4.78, 5) is 3.70. The number of benzene rings is 1. The maximum atomic E-state index is 12.2. The topological polar surface area (TPSA) is 20.3 Å². The standard InChI is InChI=1S/C23H35NOS/c1-17(2)26(25)23-10-8-20(9-11-23)19(4)21-12-14-24(15-13-21)22-7-5-6-18(3)16-22/h8-11,17-18,22H,5-7,12-16H2,1-4H3/t18-,22+,26?/m1/s1. The fourth-order valence-electron chi connectivity index (χ4n) is 4.58. The molecule has 0 aromatic heterocycles. The predicted molar refractivity (Wildman–Crippen MR) is 113 cm³/mol. The Morgan fingerprint density at radius 2 is 1.77 bits per heavy atom. The monoisotopic (exact) mass is 373 g/mol. The Morgan fingerprint density at radius 1 is 1.12 bits per heavy atom. The van der Waals surface area contributed by atoms with Gasteiger partial charge in [0.1, 0.15) is 0 Å². The van der Waals surface area contributed by atoms with Gasteiger partial charge in [-0.1, -0.05) is 51.3 Å². The zero-order valence-corrected chi connectivity index (χ0v) is 17.8. The zero-order chi connectivity index (χ0) is 18.7. The van der Waals surface area contributed by atoms with Crippen molar-refractivity contribution >= 4 is 16.4 Å². The van der Waals surface area contributed by atoms with Crippen LogP contribution >= 0.6 is 0 Å². The molecule has 1 heterocycles. The summed E-state index contributed by atoms with van der Waals surface area (Å²) in [5.74, 6) is 0.905. The van der Waals surface area contributed by atoms with Gasteiger partial charge < -0.3 is 0 Å². The first-order chi connectivity index (χ1) is 12.5. The smallest absolute Gasteiger partial charge is 0.0555 e. The molecule has 0 radical (unpaired) electrons. The van der Waals surface area contributed by atoms with Crippen LogP contribution in [0.15, 0.2) is 34.7 Å². The first-order valence-corrected chi connectivity index (χ1v) is 11.6. The van der Waals surface area contributed by atoms with Gasteiger partial charge in [-0.05, 0) is 61.8 Å². The highest BCUT2D eigenvalue weighted by Gasteiger charge is 2.27. The number of rotatable bonds is 4. The molecule has 0 amide bonds. The number of piperidine rings is 1. The molecule has 2 aliphatic rings. The Labute approximate surface area is 162 Å². The van der Waals surface area contributed by atoms with E-state index in [4.69, 9.17) is 0 Å². The molecule has 1 unspecified atom stereocenters. The van der Waals surface area contributed by atoms with E-state index in [0.717, 1.165) is 16.9 Å². The van der Waals surface area contributed by atoms with Crippen LogP contribution in [0.3, 0.4) is 0 Å². The van der Waals surface area contributed by atoms with Gasteiger partial charge in [0.15, 0.2) is 0 Å². The molecular weight excluding hydrogens is 338 g/mol. The summed E-state index contributed by atoms with van der Waals surface area (Å²) in [6.45, 7) is 11.2. The van der Waals surface area contributed by atoms with Gasteiger partial charge in [0, 0.05) is 29.3 Å². The molecule has 1 aromatic rings. The summed E-state index contributed by atoms with van der Waals surface area (Å²) in [6.07, 6.45) is 8.04. The summed E-state index contributed by atoms with van der Waals surface area (Å²) in [5.41, 5.74) is 4.34. The first kappa shape index (κ1) is 19.8. The Hall–Kier alpha value is -0.930. The molecule has 1 saturated heterocycles. The van der Waals surface area contributed by atoms with Crippen LogP contribution in [0.4, 0.5) is 0 Å². The number of hydrogen-bond acceptors (Lipinski definition) is 2. The maximum Gasteiger partial charge on any atom is 0.0555 e. The van der Waals surface area contributed by atoms with Crippen molar-refractivity contribution in [1.29, 1.82) is 0 Å². The Balaban J connectivity index is 1.63. The third kappa shape index (κ3) is 4.67. The molecular formula is C23H35NOS. The maximum absolute atomic E-state index is 12.2. The van der Waals surface area contributed by atoms with Crippen molar-refractivity contribution in [3.8, 4) is 0 Å². The van der Waals surface area contributed by atoms with Gasteiger partial charge in [0.05, 0.1) is 10.8 Å². The average Bonchev–Trinajstić information content (AvgIpc) is 2.67. The molecule has 2 nitrogen and oxygen atoms in total. The molecule has 2 fully saturated rings. The highest BCUT2D eigenvalue weighted by molar-refractivity contribution is 7.85. The van der Waals surface area contributed by atoms with Gasteiger partial charge in [-0.15, -0.1) is 0 Å². The van der Waals surface area contributed by atoms with E-state index in [-0.39, 0.29) is 5.25 Å². The summed E-state index contributed by atoms with van der Waals surface area (Å²) in [7, 11) is -0.895. The van der Waals surface area contributed by atoms with Crippen LogP contribution in [-0.2, 0) is 10.8 Å². The molecule has 1 aliphatic carbocycles. The van der Waals surface area contributed by atoms with Gasteiger partial charge >= 0.3 is 0 Å². The van der Waals surface area contributed by atoms with Crippen molar-refractivity contribution in [2.45, 2.75) is 82.4 Å². The van der Waals surface area contributed by atoms with E-state index >= 15 is 0 Å². The van der Waals surface area contributed by atoms with Crippen molar-refractivity contribution in [1.82, 2.24) is 4.90 Å². The zero-order valence-electron chi connectivity index (χ0n) is 17.0. The molecule has 3 atom stereocenters. The Kier molecular flexibility index (Phi) is 6.74. The number of likely N-dealkylation sites (tertiary alicyclic amines) is 1. The van der Waals surface area contributed by atoms with Gasteiger partial charge in [-0.2, -0.15) is 0 Å². The molecule has 144 valence electrons. The number of nitrogens with zero attached hydrogens (tertiary/aromatic N) is 1. The highest BCUT2D eigenvalue weighted by atomic mass is 32.2. The van der Waals surface area contributed by atoms with Gasteiger partial charge in [-0.25, -0.2) is 0 Å². The van der Waals surface area contributed by atoms with Crippen molar-refractivity contribution in [2.24, 2.45) is 5.92 Å². The Bertz CT molecular complexity index is 651. The lowest BCUT2D eigenvalue weighted by Gasteiger charge is -2.39. The molecule has 1 aromatic carbocycles. The molecule has 3 heteroatoms. The molecule has 26 heavy (non-hydrogen) atoms. The van der Waals surface area contributed by atoms with E-state index in [1.807, 2.05) is 26.0 Å². The average molecular weight is 374 g/mol. The second kappa shape index (κ2) is 8.84. The van der Waals surface area contributed by atoms with Crippen molar-refractivity contribution < 1.29 is 4.21 Å². The summed E-state index contributed by atoms with van der Waals surface area (Å²) in [6, 6.07) is 9.24. The highest BCUT2D eigenvalue weighted by Crippen LogP contribution is 2.32. The van der Waals surface area contributed by atoms with E-state index in [9.17, 15) is 4.21 Å². The van der Waals surface area contributed by atoms with Crippen molar-refractivity contribution in [2.75, 3.05) is 13.1 Å². The van der Waals surface area contributed by atoms with Gasteiger partial charge in [-0.3, -0.25) is 9.11 Å². The minimum atomic E-state index is -0.895. The summed E-state index contributed by atoms with van der Waals surface area (Å²) < 4.78 is 12.2. The molecule has 1 saturated carbocycles. The quantitative estimate of drug-likeness (QED) is 0.679. The summed E-state index contributed by atoms with van der Waals surface area (Å²) in [5, 5.41) is 0.173. The van der Waals surface area contributed by atoms with Crippen molar-refractivity contribution in [3.63, 3.8) is 0 Å². The van der Waals surface area contributed by atoms with E-state index in [2.05, 4.69) is 30.9 Å². The lowest BCUT2D eigenvalue weighted by molar-refractivity contribution is 0.126. The third-order valence-corrected chi connectivity index (χ3v) is 7.90. The minimum Gasteiger partial charge on any atom is -0.300 e. The molecule has 0 spiro atoms. The van der Waals surface area contributed by atoms with E-state index in [1.165, 1.54) is 62.8 Å². The molecule has 0 bridgehead atoms. The van der Waals surface area contributed by atoms with E-state index in [1.54, 1.807) is 5.57 Å². The van der Waals surface area contributed by atoms with Crippen LogP contribution in [0.2, 0.25) is 0 Å². The van der Waals surface area contributed by atoms with E-state index in [0.29, 0.717) is 0 Å². The summed E-state index contributed by atoms with van der Waals surface area (Å²) >= 11 is 0. The third-order valence-electron chi connectivity index (χ3n) is 6.30. The van der Waals surface area contributed by atoms with Crippen molar-refractivity contribution in [3.05, 3.63) is 35.4 Å². The fourth-order valence-corrected chi connectivity index (χ4v) is 5.53. The van der Waals surface area contributed by atoms with Gasteiger partial charge in [0.25, 0.3) is 0 Å². The second-order valence-corrected chi connectivity index (χ2v) is 10.6. The van der Waals surface area contributed by atoms with Crippen LogP contribution in [0.1, 0.15) is 71.8 Å². The van der Waals surface area contributed by atoms with Crippen LogP contribution in [0.5, 0.6) is 0 Å². The van der Waals surface area contributed by atoms with Crippen LogP contribution in [-0.4, -0.2) is 33.5 Å². The molecule has 1 aliphatic heterocycles. The Morgan fingerprint density at radius 3 is 2.35 bits per heavy atom. The van der Waals surface area contributed by atoms with Crippen LogP contribution in [0, 0.1) is 5.92 Å². The molecule has 0 N–H and O–H groups in total. The molecule has 3 rings (SSSR count). The first-order valence-electron chi connectivity index (χ1n) is 10.4. The predicted octanol–water partition coefficient (Wildman–Crippen LogP) is 5.65. The van der Waals surface area contributed by atoms with Gasteiger partial charge in [0.2, 0.25) is 0 Å². The van der Waals surface area contributed by atoms with Crippen LogP contribution < -0.4 is 0 Å². The number of allylic oxidation sites excluding steroid dienone is 1. The van der Waals surface area contributed by atoms with Crippen LogP contribution in [0.25, 0.3) is 5.57 Å². The second-order valence-electron chi connectivity index (χ2n) is 8.56. The normalized spacial score (nSPS) is 26.1. The fraction of sp³-hybridized carbons (Fsp3) is 0.652. The van der Waals surface area contributed by atoms with E-state index < -0.39 is 10.8 Å². The lowest BCUT2D eigenvalue weighted by Crippen LogP contribution is -2.42. The SMILES string of the molecule is CC(=C1CCN([C@H]2CCC[C@@H](C)C2)CC1)c1ccc(S(=O)C(C)C)cc1. The minimum absolute atomic E-state index is 0.173. The largest absolute Gasteiger partial charge is 0.300 e.